The first-order valence-corrected chi connectivity index (χ1v) is 3.04. The zero-order chi connectivity index (χ0) is 6.41. The second-order valence-electron chi connectivity index (χ2n) is 1.48. The van der Waals surface area contributed by atoms with Gasteiger partial charge in [-0.15, -0.1) is 0 Å². The molecular formula is C6H17BO2. The summed E-state index contributed by atoms with van der Waals surface area (Å²) in [6.07, 6.45) is -0.0370. The zero-order valence-corrected chi connectivity index (χ0v) is 5.81. The molecule has 56 valence electrons. The van der Waals surface area contributed by atoms with Crippen molar-refractivity contribution in [2.75, 3.05) is 13.2 Å². The molecule has 0 radical (unpaired) electrons. The van der Waals surface area contributed by atoms with E-state index in [2.05, 4.69) is 0 Å². The molecule has 0 amide bonds. The number of ether oxygens (including phenoxy) is 2. The molecule has 9 heavy (non-hydrogen) atoms. The SMILES string of the molecule is B.CCOC(C)OCC. The van der Waals surface area contributed by atoms with Crippen molar-refractivity contribution in [3.63, 3.8) is 0 Å². The maximum Gasteiger partial charge on any atom is 0.154 e. The van der Waals surface area contributed by atoms with Crippen molar-refractivity contribution in [2.45, 2.75) is 27.1 Å². The van der Waals surface area contributed by atoms with Gasteiger partial charge in [-0.2, -0.15) is 0 Å². The fourth-order valence-electron chi connectivity index (χ4n) is 0.518. The predicted octanol–water partition coefficient (Wildman–Crippen LogP) is 0.221. The van der Waals surface area contributed by atoms with E-state index in [1.165, 1.54) is 0 Å². The summed E-state index contributed by atoms with van der Waals surface area (Å²) in [5, 5.41) is 0. The molecular weight excluding hydrogens is 115 g/mol. The van der Waals surface area contributed by atoms with Crippen LogP contribution in [-0.2, 0) is 9.47 Å². The lowest BCUT2D eigenvalue weighted by Crippen LogP contribution is -2.11. The third-order valence-corrected chi connectivity index (χ3v) is 0.803. The molecule has 0 unspecified atom stereocenters. The van der Waals surface area contributed by atoms with Crippen LogP contribution >= 0.6 is 0 Å². The van der Waals surface area contributed by atoms with Crippen molar-refractivity contribution >= 4 is 8.41 Å². The molecule has 0 aliphatic carbocycles. The van der Waals surface area contributed by atoms with Crippen molar-refractivity contribution in [3.05, 3.63) is 0 Å². The highest BCUT2D eigenvalue weighted by molar-refractivity contribution is 5.75. The second-order valence-corrected chi connectivity index (χ2v) is 1.48. The van der Waals surface area contributed by atoms with Gasteiger partial charge in [-0.05, 0) is 20.8 Å². The Kier molecular flexibility index (Phi) is 10.4. The van der Waals surface area contributed by atoms with E-state index in [0.717, 1.165) is 13.2 Å². The van der Waals surface area contributed by atoms with Crippen LogP contribution in [0.1, 0.15) is 20.8 Å². The largest absolute Gasteiger partial charge is 0.353 e. The maximum absolute atomic E-state index is 5.06. The van der Waals surface area contributed by atoms with Crippen LogP contribution < -0.4 is 0 Å². The lowest BCUT2D eigenvalue weighted by atomic mass is 10.7. The molecule has 0 heterocycles. The van der Waals surface area contributed by atoms with Crippen molar-refractivity contribution in [1.29, 1.82) is 0 Å². The van der Waals surface area contributed by atoms with Gasteiger partial charge in [0.2, 0.25) is 0 Å². The molecule has 0 aromatic carbocycles. The molecule has 0 N–H and O–H groups in total. The summed E-state index contributed by atoms with van der Waals surface area (Å²) in [6, 6.07) is 0. The molecule has 0 aromatic heterocycles. The standard InChI is InChI=1S/C6H14O2.BH3/c1-4-7-6(3)8-5-2;/h6H,4-5H2,1-3H3;1H3. The maximum atomic E-state index is 5.06. The van der Waals surface area contributed by atoms with Crippen molar-refractivity contribution in [3.8, 4) is 0 Å². The summed E-state index contributed by atoms with van der Waals surface area (Å²) >= 11 is 0. The monoisotopic (exact) mass is 132 g/mol. The average Bonchev–Trinajstić information content (AvgIpc) is 1.68. The third kappa shape index (κ3) is 7.98. The molecule has 0 spiro atoms. The molecule has 0 aliphatic rings. The minimum atomic E-state index is -0.0370. The van der Waals surface area contributed by atoms with E-state index in [0.29, 0.717) is 0 Å². The van der Waals surface area contributed by atoms with Gasteiger partial charge in [-0.1, -0.05) is 0 Å². The molecule has 2 nitrogen and oxygen atoms in total. The summed E-state index contributed by atoms with van der Waals surface area (Å²) in [5.41, 5.74) is 0. The molecule has 0 saturated carbocycles. The lowest BCUT2D eigenvalue weighted by Gasteiger charge is -2.09. The molecule has 3 heteroatoms. The van der Waals surface area contributed by atoms with Gasteiger partial charge in [0.25, 0.3) is 0 Å². The van der Waals surface area contributed by atoms with E-state index in [1.54, 1.807) is 0 Å². The molecule has 0 rings (SSSR count). The summed E-state index contributed by atoms with van der Waals surface area (Å²) in [7, 11) is 0. The first-order chi connectivity index (χ1) is 3.81. The van der Waals surface area contributed by atoms with E-state index in [1.807, 2.05) is 20.8 Å². The van der Waals surface area contributed by atoms with E-state index < -0.39 is 0 Å². The van der Waals surface area contributed by atoms with Crippen LogP contribution in [0.3, 0.4) is 0 Å². The minimum absolute atomic E-state index is 0. The fourth-order valence-corrected chi connectivity index (χ4v) is 0.518. The van der Waals surface area contributed by atoms with Crippen LogP contribution in [0.5, 0.6) is 0 Å². The summed E-state index contributed by atoms with van der Waals surface area (Å²) in [6.45, 7) is 7.25. The van der Waals surface area contributed by atoms with Gasteiger partial charge in [-0.25, -0.2) is 0 Å². The van der Waals surface area contributed by atoms with E-state index >= 15 is 0 Å². The summed E-state index contributed by atoms with van der Waals surface area (Å²) in [4.78, 5) is 0. The fraction of sp³-hybridized carbons (Fsp3) is 1.00. The molecule has 0 saturated heterocycles. The van der Waals surface area contributed by atoms with Crippen LogP contribution in [0.4, 0.5) is 0 Å². The smallest absolute Gasteiger partial charge is 0.154 e. The van der Waals surface area contributed by atoms with E-state index in [9.17, 15) is 0 Å². The van der Waals surface area contributed by atoms with E-state index in [-0.39, 0.29) is 14.7 Å². The average molecular weight is 132 g/mol. The van der Waals surface area contributed by atoms with Crippen molar-refractivity contribution < 1.29 is 9.47 Å². The van der Waals surface area contributed by atoms with Gasteiger partial charge in [0.15, 0.2) is 6.29 Å². The van der Waals surface area contributed by atoms with Crippen LogP contribution in [-0.4, -0.2) is 27.9 Å². The second kappa shape index (κ2) is 7.98. The van der Waals surface area contributed by atoms with Crippen LogP contribution in [0.25, 0.3) is 0 Å². The molecule has 0 aromatic rings. The Morgan fingerprint density at radius 1 is 1.11 bits per heavy atom. The summed E-state index contributed by atoms with van der Waals surface area (Å²) < 4.78 is 10.1. The Balaban J connectivity index is 0. The number of hydrogen-bond donors (Lipinski definition) is 0. The van der Waals surface area contributed by atoms with Gasteiger partial charge >= 0.3 is 0 Å². The first-order valence-electron chi connectivity index (χ1n) is 3.04. The lowest BCUT2D eigenvalue weighted by molar-refractivity contribution is -0.123. The Labute approximate surface area is 59.1 Å². The minimum Gasteiger partial charge on any atom is -0.353 e. The van der Waals surface area contributed by atoms with Crippen molar-refractivity contribution in [2.24, 2.45) is 0 Å². The Morgan fingerprint density at radius 2 is 1.44 bits per heavy atom. The van der Waals surface area contributed by atoms with Gasteiger partial charge in [0, 0.05) is 13.2 Å². The van der Waals surface area contributed by atoms with Crippen molar-refractivity contribution in [1.82, 2.24) is 0 Å². The molecule has 0 fully saturated rings. The highest BCUT2D eigenvalue weighted by Crippen LogP contribution is 1.90. The van der Waals surface area contributed by atoms with Crippen LogP contribution in [0, 0.1) is 0 Å². The molecule has 0 aliphatic heterocycles. The first kappa shape index (κ1) is 11.7. The van der Waals surface area contributed by atoms with Gasteiger partial charge in [0.05, 0.1) is 8.41 Å². The quantitative estimate of drug-likeness (QED) is 0.402. The summed E-state index contributed by atoms with van der Waals surface area (Å²) in [5.74, 6) is 0. The highest BCUT2D eigenvalue weighted by Gasteiger charge is 1.94. The van der Waals surface area contributed by atoms with Crippen LogP contribution in [0.15, 0.2) is 0 Å². The highest BCUT2D eigenvalue weighted by atomic mass is 16.7. The Hall–Kier alpha value is -0.0151. The normalized spacial score (nSPS) is 9.33. The Bertz CT molecular complexity index is 44.3. The molecule has 0 atom stereocenters. The van der Waals surface area contributed by atoms with Crippen LogP contribution in [0.2, 0.25) is 0 Å². The zero-order valence-electron chi connectivity index (χ0n) is 5.81. The third-order valence-electron chi connectivity index (χ3n) is 0.803. The predicted molar refractivity (Wildman–Crippen MR) is 42.7 cm³/mol. The Morgan fingerprint density at radius 3 is 1.67 bits per heavy atom. The number of hydrogen-bond acceptors (Lipinski definition) is 2. The van der Waals surface area contributed by atoms with Gasteiger partial charge in [-0.3, -0.25) is 0 Å². The topological polar surface area (TPSA) is 18.5 Å². The number of rotatable bonds is 4. The van der Waals surface area contributed by atoms with E-state index in [4.69, 9.17) is 9.47 Å². The van der Waals surface area contributed by atoms with Gasteiger partial charge in [0.1, 0.15) is 0 Å². The molecule has 0 bridgehead atoms. The van der Waals surface area contributed by atoms with Gasteiger partial charge < -0.3 is 9.47 Å².